The van der Waals surface area contributed by atoms with Gasteiger partial charge in [-0.15, -0.1) is 12.4 Å². The Morgan fingerprint density at radius 3 is 2.46 bits per heavy atom. The minimum absolute atomic E-state index is 0. The molecular weight excluding hydrogens is 496 g/mol. The van der Waals surface area contributed by atoms with Gasteiger partial charge in [-0.2, -0.15) is 0 Å². The van der Waals surface area contributed by atoms with E-state index in [-0.39, 0.29) is 24.6 Å². The van der Waals surface area contributed by atoms with Crippen LogP contribution in [0.5, 0.6) is 0 Å². The number of amides is 1. The summed E-state index contributed by atoms with van der Waals surface area (Å²) in [5.41, 5.74) is 1.82. The third kappa shape index (κ3) is 8.53. The summed E-state index contributed by atoms with van der Waals surface area (Å²) in [6.45, 7) is 11.2. The molecule has 3 aliphatic rings. The van der Waals surface area contributed by atoms with E-state index >= 15 is 0 Å². The van der Waals surface area contributed by atoms with Gasteiger partial charge >= 0.3 is 6.09 Å². The van der Waals surface area contributed by atoms with Gasteiger partial charge in [0.25, 0.3) is 0 Å². The predicted molar refractivity (Wildman–Crippen MR) is 145 cm³/mol. The van der Waals surface area contributed by atoms with Crippen LogP contribution >= 0.6 is 12.4 Å². The lowest BCUT2D eigenvalue weighted by molar-refractivity contribution is -0.243. The molecule has 1 aromatic rings. The molecule has 37 heavy (non-hydrogen) atoms. The van der Waals surface area contributed by atoms with E-state index in [0.29, 0.717) is 18.8 Å². The molecule has 5 atom stereocenters. The molecule has 4 rings (SSSR count). The minimum Gasteiger partial charge on any atom is -0.442 e. The van der Waals surface area contributed by atoms with Crippen LogP contribution in [-0.2, 0) is 23.7 Å². The molecule has 3 heterocycles. The number of nitrogens with zero attached hydrogens (tertiary/aromatic N) is 1. The highest BCUT2D eigenvalue weighted by Gasteiger charge is 2.58. The molecule has 0 aromatic heterocycles. The van der Waals surface area contributed by atoms with Gasteiger partial charge in [0.15, 0.2) is 12.1 Å². The number of carbonyl (C=O) groups excluding carboxylic acids is 1. The van der Waals surface area contributed by atoms with E-state index in [4.69, 9.17) is 23.7 Å². The molecule has 0 radical (unpaired) electrons. The van der Waals surface area contributed by atoms with Crippen LogP contribution in [0, 0.1) is 6.92 Å². The number of aryl methyl sites for hydroxylation is 1. The zero-order chi connectivity index (χ0) is 25.5. The molecular formula is C28H45ClN2O6. The lowest BCUT2D eigenvalue weighted by Crippen LogP contribution is -2.47. The van der Waals surface area contributed by atoms with Crippen molar-refractivity contribution in [3.63, 3.8) is 0 Å². The molecule has 1 unspecified atom stereocenters. The summed E-state index contributed by atoms with van der Waals surface area (Å²) >= 11 is 0. The fourth-order valence-corrected chi connectivity index (χ4v) is 5.28. The maximum atomic E-state index is 12.9. The van der Waals surface area contributed by atoms with Gasteiger partial charge in [-0.1, -0.05) is 50.3 Å². The van der Waals surface area contributed by atoms with E-state index < -0.39 is 30.4 Å². The highest BCUT2D eigenvalue weighted by atomic mass is 35.5. The number of carbonyl (C=O) groups is 1. The number of anilines is 1. The Labute approximate surface area is 228 Å². The summed E-state index contributed by atoms with van der Waals surface area (Å²) in [7, 11) is 0. The maximum absolute atomic E-state index is 12.9. The summed E-state index contributed by atoms with van der Waals surface area (Å²) < 4.78 is 31.0. The molecule has 0 aliphatic carbocycles. The summed E-state index contributed by atoms with van der Waals surface area (Å²) in [5.74, 6) is -0.748. The fourth-order valence-electron chi connectivity index (χ4n) is 5.28. The molecule has 0 saturated carbocycles. The predicted octanol–water partition coefficient (Wildman–Crippen LogP) is 5.66. The molecule has 210 valence electrons. The Bertz CT molecular complexity index is 832. The molecule has 1 aromatic carbocycles. The molecule has 3 saturated heterocycles. The minimum atomic E-state index is -0.748. The second-order valence-electron chi connectivity index (χ2n) is 10.8. The first kappa shape index (κ1) is 30.1. The molecule has 3 fully saturated rings. The van der Waals surface area contributed by atoms with Crippen molar-refractivity contribution in [1.29, 1.82) is 0 Å². The van der Waals surface area contributed by atoms with Crippen molar-refractivity contribution in [2.75, 3.05) is 31.6 Å². The SMILES string of the molecule is CCCCCCCO[C@H]1O[C@H](C(CN2CCCC2)OC(=O)Nc2ccc(C)cc2)[C@@H]2OC(C)(C)O[C@H]12.Cl. The van der Waals surface area contributed by atoms with Crippen LogP contribution in [-0.4, -0.2) is 73.7 Å². The van der Waals surface area contributed by atoms with Gasteiger partial charge in [0.1, 0.15) is 24.4 Å². The fraction of sp³-hybridized carbons (Fsp3) is 0.750. The summed E-state index contributed by atoms with van der Waals surface area (Å²) in [6, 6.07) is 7.65. The number of unbranched alkanes of at least 4 members (excludes halogenated alkanes) is 4. The summed E-state index contributed by atoms with van der Waals surface area (Å²) in [6.07, 6.45) is 5.34. The highest BCUT2D eigenvalue weighted by Crippen LogP contribution is 2.41. The second-order valence-corrected chi connectivity index (χ2v) is 10.8. The van der Waals surface area contributed by atoms with Crippen LogP contribution in [0.2, 0.25) is 0 Å². The van der Waals surface area contributed by atoms with E-state index in [1.807, 2.05) is 45.0 Å². The van der Waals surface area contributed by atoms with Crippen molar-refractivity contribution < 1.29 is 28.5 Å². The Morgan fingerprint density at radius 2 is 1.76 bits per heavy atom. The third-order valence-electron chi connectivity index (χ3n) is 7.14. The summed E-state index contributed by atoms with van der Waals surface area (Å²) in [4.78, 5) is 15.3. The topological polar surface area (TPSA) is 78.5 Å². The number of benzene rings is 1. The van der Waals surface area contributed by atoms with E-state index in [1.165, 1.54) is 19.3 Å². The van der Waals surface area contributed by atoms with Crippen molar-refractivity contribution in [3.05, 3.63) is 29.8 Å². The molecule has 9 heteroatoms. The van der Waals surface area contributed by atoms with Crippen molar-refractivity contribution in [1.82, 2.24) is 4.90 Å². The van der Waals surface area contributed by atoms with Crippen molar-refractivity contribution in [2.45, 2.75) is 109 Å². The van der Waals surface area contributed by atoms with Crippen molar-refractivity contribution in [2.24, 2.45) is 0 Å². The first-order valence-electron chi connectivity index (χ1n) is 13.7. The number of nitrogens with one attached hydrogen (secondary N) is 1. The standard InChI is InChI=1S/C28H44N2O6.ClH/c1-5-6-7-8-11-18-32-26-25-24(35-28(3,4)36-25)23(34-26)22(19-30-16-9-10-17-30)33-27(31)29-21-14-12-20(2)13-15-21;/h12-15,22-26H,5-11,16-19H2,1-4H3,(H,29,31);1H/t22?,23-,24+,25+,26+;/m1./s1. The Morgan fingerprint density at radius 1 is 1.08 bits per heavy atom. The van der Waals surface area contributed by atoms with Gasteiger partial charge in [0.05, 0.1) is 0 Å². The van der Waals surface area contributed by atoms with Gasteiger partial charge in [0, 0.05) is 18.8 Å². The average Bonchev–Trinajstić information content (AvgIpc) is 3.53. The van der Waals surface area contributed by atoms with Crippen LogP contribution in [0.25, 0.3) is 0 Å². The van der Waals surface area contributed by atoms with Crippen LogP contribution in [0.15, 0.2) is 24.3 Å². The van der Waals surface area contributed by atoms with E-state index in [2.05, 4.69) is 17.1 Å². The number of halogens is 1. The molecule has 0 bridgehead atoms. The second kappa shape index (κ2) is 14.1. The lowest BCUT2D eigenvalue weighted by Gasteiger charge is -2.31. The molecule has 0 spiro atoms. The van der Waals surface area contributed by atoms with E-state index in [0.717, 1.165) is 44.3 Å². The van der Waals surface area contributed by atoms with Crippen molar-refractivity contribution >= 4 is 24.2 Å². The van der Waals surface area contributed by atoms with Crippen LogP contribution in [0.3, 0.4) is 0 Å². The van der Waals surface area contributed by atoms with Gasteiger partial charge in [-0.25, -0.2) is 4.79 Å². The Kier molecular flexibility index (Phi) is 11.5. The Balaban J connectivity index is 0.00000380. The Hall–Kier alpha value is -1.42. The number of hydrogen-bond donors (Lipinski definition) is 1. The third-order valence-corrected chi connectivity index (χ3v) is 7.14. The lowest BCUT2D eigenvalue weighted by atomic mass is 10.1. The van der Waals surface area contributed by atoms with Crippen LogP contribution in [0.4, 0.5) is 10.5 Å². The number of fused-ring (bicyclic) bond motifs is 1. The number of ether oxygens (including phenoxy) is 5. The average molecular weight is 541 g/mol. The van der Waals surface area contributed by atoms with Gasteiger partial charge in [0.2, 0.25) is 0 Å². The largest absolute Gasteiger partial charge is 0.442 e. The molecule has 3 aliphatic heterocycles. The number of rotatable bonds is 12. The highest BCUT2D eigenvalue weighted by molar-refractivity contribution is 5.85. The maximum Gasteiger partial charge on any atom is 0.412 e. The van der Waals surface area contributed by atoms with Gasteiger partial charge < -0.3 is 23.7 Å². The number of likely N-dealkylation sites (tertiary alicyclic amines) is 1. The quantitative estimate of drug-likeness (QED) is 0.343. The van der Waals surface area contributed by atoms with Crippen LogP contribution in [0.1, 0.15) is 71.3 Å². The normalized spacial score (nSPS) is 27.5. The first-order chi connectivity index (χ1) is 17.3. The smallest absolute Gasteiger partial charge is 0.412 e. The zero-order valence-electron chi connectivity index (χ0n) is 22.8. The molecule has 1 N–H and O–H groups in total. The zero-order valence-corrected chi connectivity index (χ0v) is 23.6. The van der Waals surface area contributed by atoms with E-state index in [1.54, 1.807) is 0 Å². The summed E-state index contributed by atoms with van der Waals surface area (Å²) in [5, 5.41) is 2.86. The number of hydrogen-bond acceptors (Lipinski definition) is 7. The molecule has 8 nitrogen and oxygen atoms in total. The van der Waals surface area contributed by atoms with Gasteiger partial charge in [-0.3, -0.25) is 10.2 Å². The monoisotopic (exact) mass is 540 g/mol. The van der Waals surface area contributed by atoms with E-state index in [9.17, 15) is 4.79 Å². The van der Waals surface area contributed by atoms with Crippen molar-refractivity contribution in [3.8, 4) is 0 Å². The van der Waals surface area contributed by atoms with Crippen LogP contribution < -0.4 is 5.32 Å². The van der Waals surface area contributed by atoms with Gasteiger partial charge in [-0.05, 0) is 65.3 Å². The molecule has 1 amide bonds. The first-order valence-corrected chi connectivity index (χ1v) is 13.7.